The Balaban J connectivity index is 2.55. The molecule has 0 unspecified atom stereocenters. The van der Waals surface area contributed by atoms with Crippen LogP contribution in [0.2, 0.25) is 5.02 Å². The largest absolute Gasteiger partial charge is 0.313 e. The van der Waals surface area contributed by atoms with Gasteiger partial charge in [0.2, 0.25) is 0 Å². The number of aromatic nitrogens is 1. The van der Waals surface area contributed by atoms with Crippen LogP contribution in [0.4, 0.5) is 0 Å². The van der Waals surface area contributed by atoms with E-state index in [-0.39, 0.29) is 0 Å². The van der Waals surface area contributed by atoms with Gasteiger partial charge in [-0.1, -0.05) is 38.4 Å². The minimum atomic E-state index is 0.419. The molecule has 3 heteroatoms. The zero-order valence-electron chi connectivity index (χ0n) is 12.8. The Morgan fingerprint density at radius 3 is 2.70 bits per heavy atom. The summed E-state index contributed by atoms with van der Waals surface area (Å²) < 4.78 is 0. The molecule has 1 aromatic carbocycles. The number of nitrogens with one attached hydrogen (secondary N) is 1. The van der Waals surface area contributed by atoms with Crippen molar-refractivity contribution in [2.45, 2.75) is 46.6 Å². The Bertz CT molecular complexity index is 605. The molecule has 2 nitrogen and oxygen atoms in total. The lowest BCUT2D eigenvalue weighted by Crippen LogP contribution is -2.14. The SMILES string of the molecule is CCCNCc1cc(C(C)C)nc2c(C)c(Cl)ccc12. The van der Waals surface area contributed by atoms with E-state index >= 15 is 0 Å². The number of hydrogen-bond donors (Lipinski definition) is 1. The fraction of sp³-hybridized carbons (Fsp3) is 0.471. The van der Waals surface area contributed by atoms with Gasteiger partial charge in [-0.2, -0.15) is 0 Å². The second-order valence-corrected chi connectivity index (χ2v) is 6.01. The van der Waals surface area contributed by atoms with Gasteiger partial charge in [0.15, 0.2) is 0 Å². The summed E-state index contributed by atoms with van der Waals surface area (Å²) in [6.07, 6.45) is 1.14. The Kier molecular flexibility index (Phi) is 5.00. The van der Waals surface area contributed by atoms with Crippen molar-refractivity contribution in [1.29, 1.82) is 0 Å². The van der Waals surface area contributed by atoms with Gasteiger partial charge >= 0.3 is 0 Å². The fourth-order valence-corrected chi connectivity index (χ4v) is 2.49. The highest BCUT2D eigenvalue weighted by molar-refractivity contribution is 6.32. The molecule has 2 rings (SSSR count). The van der Waals surface area contributed by atoms with Gasteiger partial charge in [-0.05, 0) is 49.1 Å². The number of rotatable bonds is 5. The van der Waals surface area contributed by atoms with Crippen LogP contribution in [0.3, 0.4) is 0 Å². The first-order valence-electron chi connectivity index (χ1n) is 7.34. The average molecular weight is 291 g/mol. The van der Waals surface area contributed by atoms with Gasteiger partial charge in [-0.15, -0.1) is 0 Å². The highest BCUT2D eigenvalue weighted by Crippen LogP contribution is 2.28. The molecule has 1 aromatic heterocycles. The average Bonchev–Trinajstić information content (AvgIpc) is 2.43. The molecular weight excluding hydrogens is 268 g/mol. The third kappa shape index (κ3) is 3.13. The summed E-state index contributed by atoms with van der Waals surface area (Å²) in [6.45, 7) is 10.5. The highest BCUT2D eigenvalue weighted by Gasteiger charge is 2.11. The third-order valence-electron chi connectivity index (χ3n) is 3.61. The molecule has 20 heavy (non-hydrogen) atoms. The van der Waals surface area contributed by atoms with E-state index in [4.69, 9.17) is 16.6 Å². The number of aryl methyl sites for hydroxylation is 1. The van der Waals surface area contributed by atoms with Gasteiger partial charge in [0.25, 0.3) is 0 Å². The van der Waals surface area contributed by atoms with E-state index in [1.165, 1.54) is 10.9 Å². The normalized spacial score (nSPS) is 11.5. The van der Waals surface area contributed by atoms with Crippen molar-refractivity contribution in [2.75, 3.05) is 6.54 Å². The molecule has 0 saturated carbocycles. The lowest BCUT2D eigenvalue weighted by atomic mass is 10.0. The van der Waals surface area contributed by atoms with Crippen LogP contribution in [0, 0.1) is 6.92 Å². The van der Waals surface area contributed by atoms with Gasteiger partial charge in [-0.25, -0.2) is 0 Å². The van der Waals surface area contributed by atoms with Crippen LogP contribution in [-0.2, 0) is 6.54 Å². The van der Waals surface area contributed by atoms with Gasteiger partial charge in [-0.3, -0.25) is 4.98 Å². The Morgan fingerprint density at radius 2 is 2.05 bits per heavy atom. The van der Waals surface area contributed by atoms with Gasteiger partial charge in [0.05, 0.1) is 5.52 Å². The standard InChI is InChI=1S/C17H23ClN2/c1-5-8-19-10-13-9-16(11(2)3)20-17-12(4)15(18)7-6-14(13)17/h6-7,9,11,19H,5,8,10H2,1-4H3. The van der Waals surface area contributed by atoms with E-state index < -0.39 is 0 Å². The fourth-order valence-electron chi connectivity index (χ4n) is 2.34. The summed E-state index contributed by atoms with van der Waals surface area (Å²) in [7, 11) is 0. The van der Waals surface area contributed by atoms with E-state index in [9.17, 15) is 0 Å². The first-order chi connectivity index (χ1) is 9.54. The Labute approximate surface area is 126 Å². The molecular formula is C17H23ClN2. The lowest BCUT2D eigenvalue weighted by Gasteiger charge is -2.14. The maximum absolute atomic E-state index is 6.24. The van der Waals surface area contributed by atoms with E-state index in [1.807, 2.05) is 13.0 Å². The monoisotopic (exact) mass is 290 g/mol. The molecule has 0 aliphatic rings. The number of halogens is 1. The maximum atomic E-state index is 6.24. The number of hydrogen-bond acceptors (Lipinski definition) is 2. The second kappa shape index (κ2) is 6.55. The minimum Gasteiger partial charge on any atom is -0.313 e. The van der Waals surface area contributed by atoms with Gasteiger partial charge < -0.3 is 5.32 Å². The summed E-state index contributed by atoms with van der Waals surface area (Å²) in [4.78, 5) is 4.81. The maximum Gasteiger partial charge on any atom is 0.0752 e. The summed E-state index contributed by atoms with van der Waals surface area (Å²) in [6, 6.07) is 6.28. The molecule has 108 valence electrons. The molecule has 1 N–H and O–H groups in total. The summed E-state index contributed by atoms with van der Waals surface area (Å²) in [5, 5.41) is 5.48. The molecule has 0 atom stereocenters. The summed E-state index contributed by atoms with van der Waals surface area (Å²) >= 11 is 6.24. The van der Waals surface area contributed by atoms with E-state index in [1.54, 1.807) is 0 Å². The molecule has 0 fully saturated rings. The lowest BCUT2D eigenvalue weighted by molar-refractivity contribution is 0.676. The third-order valence-corrected chi connectivity index (χ3v) is 4.02. The predicted octanol–water partition coefficient (Wildman–Crippen LogP) is 4.82. The second-order valence-electron chi connectivity index (χ2n) is 5.61. The molecule has 0 aliphatic carbocycles. The van der Waals surface area contributed by atoms with Crippen LogP contribution in [0.15, 0.2) is 18.2 Å². The van der Waals surface area contributed by atoms with E-state index in [0.717, 1.165) is 41.3 Å². The minimum absolute atomic E-state index is 0.419. The first kappa shape index (κ1) is 15.3. The topological polar surface area (TPSA) is 24.9 Å². The van der Waals surface area contributed by atoms with Crippen molar-refractivity contribution >= 4 is 22.5 Å². The van der Waals surface area contributed by atoms with Crippen LogP contribution in [0.1, 0.15) is 49.9 Å². The van der Waals surface area contributed by atoms with Crippen LogP contribution in [0.25, 0.3) is 10.9 Å². The van der Waals surface area contributed by atoms with Crippen LogP contribution < -0.4 is 5.32 Å². The zero-order valence-corrected chi connectivity index (χ0v) is 13.5. The number of pyridine rings is 1. The molecule has 0 radical (unpaired) electrons. The first-order valence-corrected chi connectivity index (χ1v) is 7.71. The molecule has 0 amide bonds. The van der Waals surface area contributed by atoms with Crippen molar-refractivity contribution in [3.63, 3.8) is 0 Å². The zero-order chi connectivity index (χ0) is 14.7. The number of benzene rings is 1. The number of fused-ring (bicyclic) bond motifs is 1. The molecule has 0 saturated heterocycles. The van der Waals surface area contributed by atoms with Crippen molar-refractivity contribution in [1.82, 2.24) is 10.3 Å². The van der Waals surface area contributed by atoms with E-state index in [0.29, 0.717) is 5.92 Å². The van der Waals surface area contributed by atoms with Gasteiger partial charge in [0, 0.05) is 22.6 Å². The van der Waals surface area contributed by atoms with E-state index in [2.05, 4.69) is 38.2 Å². The van der Waals surface area contributed by atoms with Gasteiger partial charge in [0.1, 0.15) is 0 Å². The highest BCUT2D eigenvalue weighted by atomic mass is 35.5. The predicted molar refractivity (Wildman–Crippen MR) is 87.6 cm³/mol. The Hall–Kier alpha value is -1.12. The molecule has 1 heterocycles. The van der Waals surface area contributed by atoms with Crippen molar-refractivity contribution < 1.29 is 0 Å². The smallest absolute Gasteiger partial charge is 0.0752 e. The summed E-state index contributed by atoms with van der Waals surface area (Å²) in [5.41, 5.74) is 4.56. The number of nitrogens with zero attached hydrogens (tertiary/aromatic N) is 1. The Morgan fingerprint density at radius 1 is 1.30 bits per heavy atom. The molecule has 0 spiro atoms. The molecule has 0 bridgehead atoms. The van der Waals surface area contributed by atoms with Crippen LogP contribution in [0.5, 0.6) is 0 Å². The van der Waals surface area contributed by atoms with Crippen LogP contribution >= 0.6 is 11.6 Å². The van der Waals surface area contributed by atoms with Crippen molar-refractivity contribution in [2.24, 2.45) is 0 Å². The van der Waals surface area contributed by atoms with Crippen LogP contribution in [-0.4, -0.2) is 11.5 Å². The van der Waals surface area contributed by atoms with Crippen molar-refractivity contribution in [3.05, 3.63) is 40.0 Å². The molecule has 0 aliphatic heterocycles. The van der Waals surface area contributed by atoms with Crippen molar-refractivity contribution in [3.8, 4) is 0 Å². The molecule has 2 aromatic rings. The quantitative estimate of drug-likeness (QED) is 0.799. The summed E-state index contributed by atoms with van der Waals surface area (Å²) in [5.74, 6) is 0.419.